The summed E-state index contributed by atoms with van der Waals surface area (Å²) in [4.78, 5) is 11.0. The molecular formula is C7H13N3O2. The van der Waals surface area contributed by atoms with E-state index in [0.29, 0.717) is 6.42 Å². The van der Waals surface area contributed by atoms with Gasteiger partial charge in [0.05, 0.1) is 6.26 Å². The maximum atomic E-state index is 11.0. The van der Waals surface area contributed by atoms with Crippen LogP contribution in [0.15, 0.2) is 12.8 Å². The number of hydrogen-bond donors (Lipinski definition) is 3. The number of nitrogens with two attached hydrogens (primary N) is 1. The molecular weight excluding hydrogens is 158 g/mol. The van der Waals surface area contributed by atoms with E-state index in [0.717, 1.165) is 6.26 Å². The highest BCUT2D eigenvalue weighted by atomic mass is 16.5. The average Bonchev–Trinajstić information content (AvgIpc) is 2.00. The van der Waals surface area contributed by atoms with Gasteiger partial charge < -0.3 is 15.8 Å². The molecule has 0 radical (unpaired) electrons. The van der Waals surface area contributed by atoms with E-state index in [4.69, 9.17) is 11.1 Å². The van der Waals surface area contributed by atoms with Crippen molar-refractivity contribution in [3.63, 3.8) is 0 Å². The van der Waals surface area contributed by atoms with Crippen molar-refractivity contribution in [2.45, 2.75) is 19.4 Å². The van der Waals surface area contributed by atoms with Gasteiger partial charge >= 0.3 is 5.97 Å². The largest absolute Gasteiger partial charge is 0.434 e. The normalized spacial score (nSPS) is 11.4. The first kappa shape index (κ1) is 10.5. The molecule has 1 unspecified atom stereocenters. The van der Waals surface area contributed by atoms with Crippen molar-refractivity contribution < 1.29 is 9.53 Å². The lowest BCUT2D eigenvalue weighted by atomic mass is 10.2. The molecule has 0 saturated carbocycles. The molecule has 12 heavy (non-hydrogen) atoms. The zero-order valence-electron chi connectivity index (χ0n) is 6.96. The van der Waals surface area contributed by atoms with Crippen molar-refractivity contribution in [3.8, 4) is 0 Å². The fourth-order valence-electron chi connectivity index (χ4n) is 0.680. The molecule has 0 aliphatic rings. The van der Waals surface area contributed by atoms with E-state index in [1.165, 1.54) is 0 Å². The maximum Gasteiger partial charge on any atom is 0.333 e. The summed E-state index contributed by atoms with van der Waals surface area (Å²) in [5.41, 5.74) is 5.04. The number of guanidine groups is 1. The number of nitrogens with one attached hydrogen (secondary N) is 2. The first-order chi connectivity index (χ1) is 5.61. The second kappa shape index (κ2) is 5.17. The third kappa shape index (κ3) is 3.60. The van der Waals surface area contributed by atoms with Gasteiger partial charge in [0, 0.05) is 0 Å². The molecule has 68 valence electrons. The molecule has 0 heterocycles. The van der Waals surface area contributed by atoms with Crippen molar-refractivity contribution in [3.05, 3.63) is 12.8 Å². The lowest BCUT2D eigenvalue weighted by molar-refractivity contribution is -0.140. The van der Waals surface area contributed by atoms with Crippen LogP contribution < -0.4 is 11.1 Å². The number of carbonyl (C=O) groups is 1. The third-order valence-electron chi connectivity index (χ3n) is 1.22. The highest BCUT2D eigenvalue weighted by molar-refractivity contribution is 5.83. The monoisotopic (exact) mass is 171 g/mol. The van der Waals surface area contributed by atoms with Crippen LogP contribution in [0.25, 0.3) is 0 Å². The van der Waals surface area contributed by atoms with Crippen molar-refractivity contribution in [2.24, 2.45) is 5.73 Å². The minimum Gasteiger partial charge on any atom is -0.434 e. The van der Waals surface area contributed by atoms with Crippen molar-refractivity contribution in [1.29, 1.82) is 5.41 Å². The Kier molecular flexibility index (Phi) is 4.52. The Morgan fingerprint density at radius 2 is 2.50 bits per heavy atom. The summed E-state index contributed by atoms with van der Waals surface area (Å²) in [6, 6.07) is -0.569. The molecule has 0 fully saturated rings. The molecule has 5 nitrogen and oxygen atoms in total. The first-order valence-corrected chi connectivity index (χ1v) is 3.53. The number of hydrogen-bond acceptors (Lipinski definition) is 3. The topological polar surface area (TPSA) is 88.2 Å². The van der Waals surface area contributed by atoms with Gasteiger partial charge in [-0.1, -0.05) is 13.5 Å². The molecule has 0 aromatic heterocycles. The summed E-state index contributed by atoms with van der Waals surface area (Å²) in [6.07, 6.45) is 1.55. The quantitative estimate of drug-likeness (QED) is 0.239. The zero-order chi connectivity index (χ0) is 9.56. The summed E-state index contributed by atoms with van der Waals surface area (Å²) in [5.74, 6) is -0.731. The Balaban J connectivity index is 4.04. The third-order valence-corrected chi connectivity index (χ3v) is 1.22. The van der Waals surface area contributed by atoms with E-state index in [-0.39, 0.29) is 5.96 Å². The van der Waals surface area contributed by atoms with Crippen LogP contribution in [0.5, 0.6) is 0 Å². The van der Waals surface area contributed by atoms with E-state index in [9.17, 15) is 4.79 Å². The van der Waals surface area contributed by atoms with Gasteiger partial charge in [0.25, 0.3) is 0 Å². The molecule has 0 rings (SSSR count). The molecule has 0 aromatic carbocycles. The number of carbonyl (C=O) groups excluding carboxylic acids is 1. The molecule has 0 amide bonds. The van der Waals surface area contributed by atoms with Gasteiger partial charge in [0.2, 0.25) is 0 Å². The van der Waals surface area contributed by atoms with E-state index in [2.05, 4.69) is 16.6 Å². The van der Waals surface area contributed by atoms with E-state index in [1.54, 1.807) is 6.92 Å². The summed E-state index contributed by atoms with van der Waals surface area (Å²) in [6.45, 7) is 5.02. The first-order valence-electron chi connectivity index (χ1n) is 3.53. The van der Waals surface area contributed by atoms with Crippen molar-refractivity contribution >= 4 is 11.9 Å². The number of ether oxygens (including phenoxy) is 1. The summed E-state index contributed by atoms with van der Waals surface area (Å²) >= 11 is 0. The van der Waals surface area contributed by atoms with E-state index >= 15 is 0 Å². The smallest absolute Gasteiger partial charge is 0.333 e. The molecule has 0 saturated heterocycles. The minimum atomic E-state index is -0.569. The van der Waals surface area contributed by atoms with Crippen LogP contribution in [0.4, 0.5) is 0 Å². The van der Waals surface area contributed by atoms with E-state index in [1.807, 2.05) is 0 Å². The Morgan fingerprint density at radius 1 is 1.92 bits per heavy atom. The summed E-state index contributed by atoms with van der Waals surface area (Å²) < 4.78 is 4.51. The molecule has 0 aliphatic heterocycles. The van der Waals surface area contributed by atoms with Gasteiger partial charge in [-0.15, -0.1) is 0 Å². The summed E-state index contributed by atoms with van der Waals surface area (Å²) in [7, 11) is 0. The Hall–Kier alpha value is -1.52. The Morgan fingerprint density at radius 3 is 2.83 bits per heavy atom. The Bertz CT molecular complexity index is 191. The summed E-state index contributed by atoms with van der Waals surface area (Å²) in [5, 5.41) is 9.34. The highest BCUT2D eigenvalue weighted by Crippen LogP contribution is 1.94. The predicted molar refractivity (Wildman–Crippen MR) is 45.4 cm³/mol. The highest BCUT2D eigenvalue weighted by Gasteiger charge is 2.16. The van der Waals surface area contributed by atoms with Crippen LogP contribution in [0.1, 0.15) is 13.3 Å². The molecule has 1 atom stereocenters. The van der Waals surface area contributed by atoms with Crippen LogP contribution >= 0.6 is 0 Å². The number of esters is 1. The lowest BCUT2D eigenvalue weighted by Crippen LogP contribution is -2.44. The molecule has 0 spiro atoms. The fraction of sp³-hybridized carbons (Fsp3) is 0.429. The van der Waals surface area contributed by atoms with Crippen molar-refractivity contribution in [2.75, 3.05) is 0 Å². The number of rotatable bonds is 4. The second-order valence-corrected chi connectivity index (χ2v) is 2.12. The van der Waals surface area contributed by atoms with Crippen LogP contribution in [-0.2, 0) is 9.53 Å². The maximum absolute atomic E-state index is 11.0. The van der Waals surface area contributed by atoms with E-state index < -0.39 is 12.0 Å². The van der Waals surface area contributed by atoms with Gasteiger partial charge in [-0.2, -0.15) is 0 Å². The SMILES string of the molecule is C=COC(=O)C(CC)NC(=N)N. The molecule has 4 N–H and O–H groups in total. The molecule has 5 heteroatoms. The van der Waals surface area contributed by atoms with Gasteiger partial charge in [-0.05, 0) is 6.42 Å². The Labute approximate surface area is 71.1 Å². The van der Waals surface area contributed by atoms with Crippen LogP contribution in [-0.4, -0.2) is 18.0 Å². The van der Waals surface area contributed by atoms with Gasteiger partial charge in [-0.3, -0.25) is 5.41 Å². The average molecular weight is 171 g/mol. The molecule has 0 aromatic rings. The van der Waals surface area contributed by atoms with Gasteiger partial charge in [0.15, 0.2) is 5.96 Å². The predicted octanol–water partition coefficient (Wildman–Crippen LogP) is -0.0652. The van der Waals surface area contributed by atoms with Crippen LogP contribution in [0.3, 0.4) is 0 Å². The molecule has 0 bridgehead atoms. The standard InChI is InChI=1S/C7H13N3O2/c1-3-5(10-7(8)9)6(11)12-4-2/h4-5H,2-3H2,1H3,(H4,8,9,10). The van der Waals surface area contributed by atoms with Crippen molar-refractivity contribution in [1.82, 2.24) is 5.32 Å². The fourth-order valence-corrected chi connectivity index (χ4v) is 0.680. The van der Waals surface area contributed by atoms with Gasteiger partial charge in [0.1, 0.15) is 6.04 Å². The minimum absolute atomic E-state index is 0.247. The second-order valence-electron chi connectivity index (χ2n) is 2.12. The van der Waals surface area contributed by atoms with Gasteiger partial charge in [-0.25, -0.2) is 4.79 Å². The zero-order valence-corrected chi connectivity index (χ0v) is 6.96. The lowest BCUT2D eigenvalue weighted by Gasteiger charge is -2.13. The van der Waals surface area contributed by atoms with Crippen LogP contribution in [0, 0.1) is 5.41 Å². The molecule has 0 aliphatic carbocycles. The van der Waals surface area contributed by atoms with Crippen LogP contribution in [0.2, 0.25) is 0 Å².